The Bertz CT molecular complexity index is 1110. The SMILES string of the molecule is CN1CCN(C)C(c2ccc(Nc3nc(N4CCCCC4)cc4cccnc34)cc2)C1=O. The third-order valence-corrected chi connectivity index (χ3v) is 6.58. The number of piperazine rings is 1. The molecule has 0 aliphatic carbocycles. The minimum Gasteiger partial charge on any atom is -0.357 e. The van der Waals surface area contributed by atoms with Crippen LogP contribution in [0.1, 0.15) is 30.9 Å². The number of nitrogens with zero attached hydrogens (tertiary/aromatic N) is 5. The molecule has 0 spiro atoms. The maximum Gasteiger partial charge on any atom is 0.244 e. The number of pyridine rings is 2. The van der Waals surface area contributed by atoms with Gasteiger partial charge in [-0.2, -0.15) is 0 Å². The van der Waals surface area contributed by atoms with Gasteiger partial charge >= 0.3 is 0 Å². The van der Waals surface area contributed by atoms with Gasteiger partial charge in [0.2, 0.25) is 5.91 Å². The van der Waals surface area contributed by atoms with Crippen LogP contribution >= 0.6 is 0 Å². The Kier molecular flexibility index (Phi) is 5.66. The van der Waals surface area contributed by atoms with Crippen molar-refractivity contribution >= 4 is 34.1 Å². The second kappa shape index (κ2) is 8.74. The summed E-state index contributed by atoms with van der Waals surface area (Å²) >= 11 is 0. The molecule has 4 heterocycles. The molecule has 1 N–H and O–H groups in total. The molecule has 7 heteroatoms. The summed E-state index contributed by atoms with van der Waals surface area (Å²) in [5, 5.41) is 4.56. The summed E-state index contributed by atoms with van der Waals surface area (Å²) in [4.78, 5) is 28.5. The van der Waals surface area contributed by atoms with Crippen LogP contribution in [-0.2, 0) is 4.79 Å². The van der Waals surface area contributed by atoms with Crippen LogP contribution in [0.3, 0.4) is 0 Å². The van der Waals surface area contributed by atoms with E-state index in [1.54, 1.807) is 6.20 Å². The zero-order valence-electron chi connectivity index (χ0n) is 18.8. The number of nitrogens with one attached hydrogen (secondary N) is 1. The van der Waals surface area contributed by atoms with Crippen molar-refractivity contribution < 1.29 is 4.79 Å². The molecule has 166 valence electrons. The lowest BCUT2D eigenvalue weighted by atomic mass is 10.0. The first-order chi connectivity index (χ1) is 15.6. The minimum absolute atomic E-state index is 0.144. The van der Waals surface area contributed by atoms with Crippen molar-refractivity contribution in [2.75, 3.05) is 50.5 Å². The smallest absolute Gasteiger partial charge is 0.244 e. The second-order valence-electron chi connectivity index (χ2n) is 8.84. The largest absolute Gasteiger partial charge is 0.357 e. The molecule has 0 bridgehead atoms. The highest BCUT2D eigenvalue weighted by molar-refractivity contribution is 5.92. The number of rotatable bonds is 4. The van der Waals surface area contributed by atoms with Crippen molar-refractivity contribution in [1.82, 2.24) is 19.8 Å². The van der Waals surface area contributed by atoms with E-state index in [2.05, 4.69) is 32.2 Å². The monoisotopic (exact) mass is 430 g/mol. The van der Waals surface area contributed by atoms with Crippen molar-refractivity contribution in [3.05, 3.63) is 54.2 Å². The van der Waals surface area contributed by atoms with Crippen molar-refractivity contribution in [3.8, 4) is 0 Å². The van der Waals surface area contributed by atoms with Gasteiger partial charge in [0.05, 0.1) is 0 Å². The Balaban J connectivity index is 1.43. The molecule has 2 saturated heterocycles. The van der Waals surface area contributed by atoms with E-state index in [0.717, 1.165) is 60.0 Å². The van der Waals surface area contributed by atoms with E-state index in [1.807, 2.05) is 49.3 Å². The Labute approximate surface area is 189 Å². The second-order valence-corrected chi connectivity index (χ2v) is 8.84. The van der Waals surface area contributed by atoms with Crippen LogP contribution in [-0.4, -0.2) is 65.9 Å². The average molecular weight is 431 g/mol. The number of piperidine rings is 1. The molecule has 1 unspecified atom stereocenters. The number of carbonyl (C=O) groups is 1. The number of amides is 1. The van der Waals surface area contributed by atoms with Crippen molar-refractivity contribution in [3.63, 3.8) is 0 Å². The van der Waals surface area contributed by atoms with Crippen molar-refractivity contribution in [2.24, 2.45) is 0 Å². The lowest BCUT2D eigenvalue weighted by Crippen LogP contribution is -2.48. The van der Waals surface area contributed by atoms with Crippen LogP contribution in [0.4, 0.5) is 17.3 Å². The van der Waals surface area contributed by atoms with Crippen LogP contribution in [0.5, 0.6) is 0 Å². The van der Waals surface area contributed by atoms with E-state index >= 15 is 0 Å². The fraction of sp³-hybridized carbons (Fsp3) is 0.400. The average Bonchev–Trinajstić information content (AvgIpc) is 2.83. The Morgan fingerprint density at radius 1 is 0.969 bits per heavy atom. The molecule has 1 atom stereocenters. The van der Waals surface area contributed by atoms with Gasteiger partial charge in [-0.25, -0.2) is 4.98 Å². The number of benzene rings is 1. The van der Waals surface area contributed by atoms with Gasteiger partial charge in [0.1, 0.15) is 17.4 Å². The highest BCUT2D eigenvalue weighted by atomic mass is 16.2. The summed E-state index contributed by atoms with van der Waals surface area (Å²) in [6, 6.07) is 14.1. The summed E-state index contributed by atoms with van der Waals surface area (Å²) in [5.74, 6) is 1.91. The van der Waals surface area contributed by atoms with Crippen LogP contribution in [0.15, 0.2) is 48.7 Å². The van der Waals surface area contributed by atoms with Gasteiger partial charge in [-0.1, -0.05) is 18.2 Å². The topological polar surface area (TPSA) is 64.6 Å². The van der Waals surface area contributed by atoms with Gasteiger partial charge in [-0.05, 0) is 56.1 Å². The Morgan fingerprint density at radius 2 is 1.75 bits per heavy atom. The van der Waals surface area contributed by atoms with Gasteiger partial charge in [-0.3, -0.25) is 14.7 Å². The lowest BCUT2D eigenvalue weighted by molar-refractivity contribution is -0.139. The van der Waals surface area contributed by atoms with Gasteiger partial charge < -0.3 is 15.1 Å². The van der Waals surface area contributed by atoms with Crippen LogP contribution in [0.25, 0.3) is 10.9 Å². The molecule has 5 rings (SSSR count). The third-order valence-electron chi connectivity index (χ3n) is 6.58. The van der Waals surface area contributed by atoms with E-state index in [1.165, 1.54) is 19.3 Å². The van der Waals surface area contributed by atoms with Crippen LogP contribution < -0.4 is 10.2 Å². The summed E-state index contributed by atoms with van der Waals surface area (Å²) in [5.41, 5.74) is 2.80. The number of anilines is 3. The maximum absolute atomic E-state index is 12.7. The highest BCUT2D eigenvalue weighted by Crippen LogP contribution is 2.30. The quantitative estimate of drug-likeness (QED) is 0.679. The minimum atomic E-state index is -0.231. The molecule has 2 aliphatic rings. The van der Waals surface area contributed by atoms with Gasteiger partial charge in [0, 0.05) is 50.5 Å². The number of likely N-dealkylation sites (N-methyl/N-ethyl adjacent to an activating group) is 2. The van der Waals surface area contributed by atoms with Gasteiger partial charge in [0.25, 0.3) is 0 Å². The standard InChI is InChI=1S/C25H30N6O/c1-29-15-16-30(2)25(32)23(29)18-8-10-20(11-9-18)27-24-22-19(7-6-12-26-22)17-21(28-24)31-13-4-3-5-14-31/h6-12,17,23H,3-5,13-16H2,1-2H3,(H,27,28). The first-order valence-electron chi connectivity index (χ1n) is 11.4. The normalized spacial score (nSPS) is 20.1. The Morgan fingerprint density at radius 3 is 2.53 bits per heavy atom. The molecule has 7 nitrogen and oxygen atoms in total. The predicted molar refractivity (Wildman–Crippen MR) is 128 cm³/mol. The number of hydrogen-bond acceptors (Lipinski definition) is 6. The lowest BCUT2D eigenvalue weighted by Gasteiger charge is -2.37. The summed E-state index contributed by atoms with van der Waals surface area (Å²) < 4.78 is 0. The first kappa shape index (κ1) is 20.7. The van der Waals surface area contributed by atoms with E-state index in [0.29, 0.717) is 0 Å². The molecule has 1 aromatic carbocycles. The summed E-state index contributed by atoms with van der Waals surface area (Å²) in [6.45, 7) is 3.73. The molecule has 0 saturated carbocycles. The van der Waals surface area contributed by atoms with E-state index in [9.17, 15) is 4.79 Å². The fourth-order valence-electron chi connectivity index (χ4n) is 4.67. The molecule has 0 radical (unpaired) electrons. The van der Waals surface area contributed by atoms with E-state index in [4.69, 9.17) is 4.98 Å². The molecular weight excluding hydrogens is 400 g/mol. The van der Waals surface area contributed by atoms with E-state index in [-0.39, 0.29) is 11.9 Å². The van der Waals surface area contributed by atoms with Crippen LogP contribution in [0.2, 0.25) is 0 Å². The predicted octanol–water partition coefficient (Wildman–Crippen LogP) is 3.81. The molecular formula is C25H30N6O. The number of carbonyl (C=O) groups excluding carboxylic acids is 1. The zero-order chi connectivity index (χ0) is 22.1. The maximum atomic E-state index is 12.7. The van der Waals surface area contributed by atoms with Crippen molar-refractivity contribution in [2.45, 2.75) is 25.3 Å². The third kappa shape index (κ3) is 4.00. The number of aromatic nitrogens is 2. The van der Waals surface area contributed by atoms with Crippen molar-refractivity contribution in [1.29, 1.82) is 0 Å². The fourth-order valence-corrected chi connectivity index (χ4v) is 4.67. The zero-order valence-corrected chi connectivity index (χ0v) is 18.8. The summed E-state index contributed by atoms with van der Waals surface area (Å²) in [6.07, 6.45) is 5.51. The summed E-state index contributed by atoms with van der Waals surface area (Å²) in [7, 11) is 3.88. The van der Waals surface area contributed by atoms with Crippen LogP contribution in [0, 0.1) is 0 Å². The molecule has 3 aromatic rings. The van der Waals surface area contributed by atoms with Gasteiger partial charge in [-0.15, -0.1) is 0 Å². The molecule has 1 amide bonds. The van der Waals surface area contributed by atoms with Gasteiger partial charge in [0.15, 0.2) is 5.82 Å². The number of hydrogen-bond donors (Lipinski definition) is 1. The molecule has 2 aliphatic heterocycles. The first-order valence-corrected chi connectivity index (χ1v) is 11.4. The highest BCUT2D eigenvalue weighted by Gasteiger charge is 2.31. The molecule has 2 fully saturated rings. The van der Waals surface area contributed by atoms with E-state index < -0.39 is 0 Å². The Hall–Kier alpha value is -3.19. The number of fused-ring (bicyclic) bond motifs is 1. The molecule has 32 heavy (non-hydrogen) atoms. The molecule has 2 aromatic heterocycles.